The molecule has 0 aliphatic heterocycles. The van der Waals surface area contributed by atoms with Crippen LogP contribution in [-0.2, 0) is 24.4 Å². The molecule has 0 atom stereocenters. The average molecular weight is 368 g/mol. The number of carboxylic acids is 1. The van der Waals surface area contributed by atoms with Crippen LogP contribution in [0.1, 0.15) is 78.1 Å². The number of rotatable bonds is 13. The molecule has 0 spiro atoms. The Balaban J connectivity index is 0. The summed E-state index contributed by atoms with van der Waals surface area (Å²) in [6.45, 7) is 4.32. The first kappa shape index (κ1) is 25.1. The molecule has 8 heteroatoms. The molecule has 7 nitrogen and oxygen atoms in total. The summed E-state index contributed by atoms with van der Waals surface area (Å²) >= 11 is 0. The Morgan fingerprint density at radius 1 is 0.875 bits per heavy atom. The van der Waals surface area contributed by atoms with Crippen LogP contribution in [0.15, 0.2) is 0 Å². The van der Waals surface area contributed by atoms with E-state index in [9.17, 15) is 18.0 Å². The minimum atomic E-state index is -4.32. The van der Waals surface area contributed by atoms with Gasteiger partial charge < -0.3 is 9.84 Å². The first-order chi connectivity index (χ1) is 11.2. The van der Waals surface area contributed by atoms with E-state index >= 15 is 0 Å². The Morgan fingerprint density at radius 3 is 1.58 bits per heavy atom. The topological polar surface area (TPSA) is 118 Å². The van der Waals surface area contributed by atoms with E-state index in [4.69, 9.17) is 14.4 Å². The maximum Gasteiger partial charge on any atom is 0.321 e. The van der Waals surface area contributed by atoms with E-state index < -0.39 is 21.8 Å². The maximum atomic E-state index is 10.5. The summed E-state index contributed by atoms with van der Waals surface area (Å²) in [5, 5.41) is 7.71. The molecule has 0 aliphatic rings. The van der Waals surface area contributed by atoms with Gasteiger partial charge in [-0.2, -0.15) is 8.42 Å². The van der Waals surface area contributed by atoms with E-state index in [-0.39, 0.29) is 5.97 Å². The number of esters is 1. The molecule has 0 heterocycles. The summed E-state index contributed by atoms with van der Waals surface area (Å²) in [5.74, 6) is -2.95. The standard InChI is InChI=1S/C14H28O2.C2H4O5S/c1-3-4-5-6-7-8-9-10-11-12-13-16-14(2)15;3-2(4)1-8(5,6)7/h3-13H2,1-2H3;1H2,(H,3,4)(H,5,6,7). The lowest BCUT2D eigenvalue weighted by Gasteiger charge is -2.02. The number of carbonyl (C=O) groups excluding carboxylic acids is 1. The maximum absolute atomic E-state index is 10.5. The summed E-state index contributed by atoms with van der Waals surface area (Å²) in [4.78, 5) is 20.0. The molecule has 0 radical (unpaired) electrons. The molecule has 0 aliphatic carbocycles. The number of hydrogen-bond donors (Lipinski definition) is 2. The van der Waals surface area contributed by atoms with Gasteiger partial charge in [-0.05, 0) is 6.42 Å². The molecule has 0 aromatic heterocycles. The summed E-state index contributed by atoms with van der Waals surface area (Å²) in [7, 11) is -4.32. The molecule has 0 saturated heterocycles. The fourth-order valence-corrected chi connectivity index (χ4v) is 2.27. The molecule has 0 saturated carbocycles. The number of ether oxygens (including phenoxy) is 1. The predicted octanol–water partition coefficient (Wildman–Crippen LogP) is 3.43. The smallest absolute Gasteiger partial charge is 0.321 e. The van der Waals surface area contributed by atoms with Crippen molar-refractivity contribution in [2.24, 2.45) is 0 Å². The van der Waals surface area contributed by atoms with Crippen molar-refractivity contribution < 1.29 is 32.4 Å². The zero-order valence-corrected chi connectivity index (χ0v) is 15.6. The van der Waals surface area contributed by atoms with Gasteiger partial charge in [0.1, 0.15) is 0 Å². The Kier molecular flexibility index (Phi) is 17.5. The molecule has 0 unspecified atom stereocenters. The number of carbonyl (C=O) groups is 2. The molecule has 0 amide bonds. The molecule has 0 bridgehead atoms. The second-order valence-corrected chi connectivity index (χ2v) is 7.09. The summed E-state index contributed by atoms with van der Waals surface area (Å²) < 4.78 is 31.9. The normalized spacial score (nSPS) is 10.6. The van der Waals surface area contributed by atoms with Crippen LogP contribution in [0.4, 0.5) is 0 Å². The fraction of sp³-hybridized carbons (Fsp3) is 0.875. The van der Waals surface area contributed by atoms with Crippen LogP contribution in [0.3, 0.4) is 0 Å². The molecule has 24 heavy (non-hydrogen) atoms. The van der Waals surface area contributed by atoms with Gasteiger partial charge in [-0.15, -0.1) is 0 Å². The Morgan fingerprint density at radius 2 is 1.29 bits per heavy atom. The van der Waals surface area contributed by atoms with E-state index in [0.717, 1.165) is 6.42 Å². The molecule has 0 aromatic rings. The molecular weight excluding hydrogens is 336 g/mol. The third-order valence-corrected chi connectivity index (χ3v) is 3.72. The van der Waals surface area contributed by atoms with Gasteiger partial charge in [-0.1, -0.05) is 64.7 Å². The summed E-state index contributed by atoms with van der Waals surface area (Å²) in [5.41, 5.74) is 0. The van der Waals surface area contributed by atoms with Crippen molar-refractivity contribution in [3.8, 4) is 0 Å². The lowest BCUT2D eigenvalue weighted by Crippen LogP contribution is -2.13. The highest BCUT2D eigenvalue weighted by atomic mass is 32.2. The van der Waals surface area contributed by atoms with Crippen molar-refractivity contribution in [1.29, 1.82) is 0 Å². The van der Waals surface area contributed by atoms with Gasteiger partial charge >= 0.3 is 11.9 Å². The van der Waals surface area contributed by atoms with E-state index in [0.29, 0.717) is 6.61 Å². The Bertz CT molecular complexity index is 418. The highest BCUT2D eigenvalue weighted by molar-refractivity contribution is 7.86. The van der Waals surface area contributed by atoms with Crippen molar-refractivity contribution in [3.05, 3.63) is 0 Å². The van der Waals surface area contributed by atoms with Crippen molar-refractivity contribution in [2.45, 2.75) is 78.1 Å². The van der Waals surface area contributed by atoms with E-state index in [1.54, 1.807) is 0 Å². The molecular formula is C16H32O7S. The lowest BCUT2D eigenvalue weighted by molar-refractivity contribution is -0.141. The highest BCUT2D eigenvalue weighted by Crippen LogP contribution is 2.10. The van der Waals surface area contributed by atoms with Gasteiger partial charge in [0.15, 0.2) is 5.75 Å². The van der Waals surface area contributed by atoms with Crippen LogP contribution in [0.25, 0.3) is 0 Å². The van der Waals surface area contributed by atoms with Crippen LogP contribution in [0.2, 0.25) is 0 Å². The number of carboxylic acid groups (broad SMARTS) is 1. The van der Waals surface area contributed by atoms with Crippen molar-refractivity contribution in [1.82, 2.24) is 0 Å². The first-order valence-corrected chi connectivity index (χ1v) is 10.1. The zero-order valence-electron chi connectivity index (χ0n) is 14.8. The van der Waals surface area contributed by atoms with Gasteiger partial charge in [0.05, 0.1) is 6.61 Å². The second kappa shape index (κ2) is 16.7. The third-order valence-electron chi connectivity index (χ3n) is 3.11. The van der Waals surface area contributed by atoms with E-state index in [2.05, 4.69) is 6.92 Å². The largest absolute Gasteiger partial charge is 0.480 e. The number of hydrogen-bond acceptors (Lipinski definition) is 5. The van der Waals surface area contributed by atoms with Gasteiger partial charge in [0.2, 0.25) is 0 Å². The highest BCUT2D eigenvalue weighted by Gasteiger charge is 2.09. The fourth-order valence-electron chi connectivity index (χ4n) is 1.96. The number of unbranched alkanes of at least 4 members (excludes halogenated alkanes) is 9. The van der Waals surface area contributed by atoms with Crippen LogP contribution in [-0.4, -0.2) is 42.4 Å². The van der Waals surface area contributed by atoms with Crippen molar-refractivity contribution >= 4 is 22.1 Å². The molecule has 144 valence electrons. The molecule has 0 rings (SSSR count). The quantitative estimate of drug-likeness (QED) is 0.290. The van der Waals surface area contributed by atoms with Gasteiger partial charge in [-0.3, -0.25) is 14.1 Å². The van der Waals surface area contributed by atoms with Gasteiger partial charge in [0.25, 0.3) is 10.1 Å². The summed E-state index contributed by atoms with van der Waals surface area (Å²) in [6, 6.07) is 0. The molecule has 2 N–H and O–H groups in total. The Labute approximate surface area is 145 Å². The number of aliphatic carboxylic acids is 1. The van der Waals surface area contributed by atoms with E-state index in [1.807, 2.05) is 0 Å². The Hall–Kier alpha value is -1.15. The molecule has 0 fully saturated rings. The minimum Gasteiger partial charge on any atom is -0.480 e. The first-order valence-electron chi connectivity index (χ1n) is 8.49. The minimum absolute atomic E-state index is 0.157. The van der Waals surface area contributed by atoms with Crippen molar-refractivity contribution in [3.63, 3.8) is 0 Å². The average Bonchev–Trinajstić information content (AvgIpc) is 2.42. The van der Waals surface area contributed by atoms with Gasteiger partial charge in [0, 0.05) is 6.92 Å². The monoisotopic (exact) mass is 368 g/mol. The van der Waals surface area contributed by atoms with Crippen LogP contribution < -0.4 is 0 Å². The third kappa shape index (κ3) is 28.9. The van der Waals surface area contributed by atoms with Crippen LogP contribution in [0, 0.1) is 0 Å². The van der Waals surface area contributed by atoms with Gasteiger partial charge in [-0.25, -0.2) is 0 Å². The predicted molar refractivity (Wildman–Crippen MR) is 92.5 cm³/mol. The second-order valence-electron chi connectivity index (χ2n) is 5.64. The van der Waals surface area contributed by atoms with Crippen molar-refractivity contribution in [2.75, 3.05) is 12.4 Å². The zero-order chi connectivity index (χ0) is 18.8. The molecule has 0 aromatic carbocycles. The van der Waals surface area contributed by atoms with E-state index in [1.165, 1.54) is 64.7 Å². The lowest BCUT2D eigenvalue weighted by atomic mass is 10.1. The SMILES string of the molecule is CCCCCCCCCCCCOC(C)=O.O=C(O)CS(=O)(=O)O. The summed E-state index contributed by atoms with van der Waals surface area (Å²) in [6.07, 6.45) is 13.1. The van der Waals surface area contributed by atoms with Crippen LogP contribution in [0.5, 0.6) is 0 Å². The van der Waals surface area contributed by atoms with Crippen LogP contribution >= 0.6 is 0 Å².